The fourth-order valence-electron chi connectivity index (χ4n) is 2.58. The molecule has 25 heavy (non-hydrogen) atoms. The number of anilines is 1. The maximum absolute atomic E-state index is 13.1. The van der Waals surface area contributed by atoms with Gasteiger partial charge >= 0.3 is 0 Å². The van der Waals surface area contributed by atoms with Crippen LogP contribution in [-0.2, 0) is 14.8 Å². The SMILES string of the molecule is CN(C)C(=O)[C@H]1CN(S(=O)(=O)c2ccc(Cl)cc2)c2ccccc2O1. The van der Waals surface area contributed by atoms with Gasteiger partial charge in [-0.3, -0.25) is 9.10 Å². The number of para-hydroxylation sites is 2. The second-order valence-corrected chi connectivity index (χ2v) is 8.10. The zero-order valence-corrected chi connectivity index (χ0v) is 15.3. The molecule has 2 aromatic rings. The van der Waals surface area contributed by atoms with E-state index in [4.69, 9.17) is 16.3 Å². The number of carbonyl (C=O) groups is 1. The Bertz CT molecular complexity index is 897. The minimum atomic E-state index is -3.86. The van der Waals surface area contributed by atoms with Crippen LogP contribution in [0.5, 0.6) is 5.75 Å². The summed E-state index contributed by atoms with van der Waals surface area (Å²) in [4.78, 5) is 13.8. The summed E-state index contributed by atoms with van der Waals surface area (Å²) in [7, 11) is -0.658. The Kier molecular flexibility index (Phi) is 4.62. The molecule has 1 aliphatic heterocycles. The molecule has 0 bridgehead atoms. The van der Waals surface area contributed by atoms with Crippen LogP contribution < -0.4 is 9.04 Å². The number of hydrogen-bond donors (Lipinski definition) is 0. The average molecular weight is 381 g/mol. The number of likely N-dealkylation sites (N-methyl/N-ethyl adjacent to an activating group) is 1. The second kappa shape index (κ2) is 6.57. The van der Waals surface area contributed by atoms with Gasteiger partial charge in [-0.2, -0.15) is 0 Å². The normalized spacial score (nSPS) is 16.8. The molecule has 0 saturated heterocycles. The smallest absolute Gasteiger partial charge is 0.265 e. The summed E-state index contributed by atoms with van der Waals surface area (Å²) in [6.07, 6.45) is -0.910. The molecule has 2 aromatic carbocycles. The number of hydrogen-bond acceptors (Lipinski definition) is 4. The number of halogens is 1. The first-order chi connectivity index (χ1) is 11.8. The molecule has 0 N–H and O–H groups in total. The number of nitrogens with zero attached hydrogens (tertiary/aromatic N) is 2. The molecule has 3 rings (SSSR count). The van der Waals surface area contributed by atoms with Crippen molar-refractivity contribution in [2.45, 2.75) is 11.0 Å². The fraction of sp³-hybridized carbons (Fsp3) is 0.235. The molecule has 0 spiro atoms. The van der Waals surface area contributed by atoms with Gasteiger partial charge in [0, 0.05) is 19.1 Å². The van der Waals surface area contributed by atoms with Gasteiger partial charge in [-0.15, -0.1) is 0 Å². The fourth-order valence-corrected chi connectivity index (χ4v) is 4.18. The van der Waals surface area contributed by atoms with Gasteiger partial charge in [-0.25, -0.2) is 8.42 Å². The second-order valence-electron chi connectivity index (χ2n) is 5.80. The van der Waals surface area contributed by atoms with Gasteiger partial charge in [0.05, 0.1) is 17.1 Å². The molecule has 1 amide bonds. The predicted molar refractivity (Wildman–Crippen MR) is 95.5 cm³/mol. The Balaban J connectivity index is 2.07. The summed E-state index contributed by atoms with van der Waals surface area (Å²) < 4.78 is 33.1. The van der Waals surface area contributed by atoms with Crippen LogP contribution in [0.2, 0.25) is 5.02 Å². The van der Waals surface area contributed by atoms with Crippen LogP contribution in [0, 0.1) is 0 Å². The molecular weight excluding hydrogens is 364 g/mol. The van der Waals surface area contributed by atoms with Gasteiger partial charge in [0.2, 0.25) is 0 Å². The minimum absolute atomic E-state index is 0.0982. The van der Waals surface area contributed by atoms with Gasteiger partial charge in [0.25, 0.3) is 15.9 Å². The highest BCUT2D eigenvalue weighted by Gasteiger charge is 2.37. The summed E-state index contributed by atoms with van der Waals surface area (Å²) in [5, 5.41) is 0.446. The van der Waals surface area contributed by atoms with Crippen LogP contribution in [-0.4, -0.2) is 46.0 Å². The summed E-state index contributed by atoms with van der Waals surface area (Å²) in [5.41, 5.74) is 0.403. The van der Waals surface area contributed by atoms with E-state index in [9.17, 15) is 13.2 Å². The van der Waals surface area contributed by atoms with Gasteiger partial charge in [0.15, 0.2) is 6.10 Å². The maximum atomic E-state index is 13.1. The van der Waals surface area contributed by atoms with E-state index in [1.54, 1.807) is 38.4 Å². The summed E-state index contributed by atoms with van der Waals surface area (Å²) >= 11 is 5.85. The monoisotopic (exact) mass is 380 g/mol. The number of fused-ring (bicyclic) bond motifs is 1. The van der Waals surface area contributed by atoms with Crippen molar-refractivity contribution in [2.24, 2.45) is 0 Å². The average Bonchev–Trinajstić information content (AvgIpc) is 2.60. The Morgan fingerprint density at radius 1 is 1.16 bits per heavy atom. The summed E-state index contributed by atoms with van der Waals surface area (Å²) in [5.74, 6) is 0.0531. The van der Waals surface area contributed by atoms with Crippen LogP contribution in [0.4, 0.5) is 5.69 Å². The van der Waals surface area contributed by atoms with Crippen molar-refractivity contribution in [1.29, 1.82) is 0 Å². The first kappa shape index (κ1) is 17.6. The van der Waals surface area contributed by atoms with Crippen LogP contribution in [0.15, 0.2) is 53.4 Å². The molecule has 8 heteroatoms. The first-order valence-corrected chi connectivity index (χ1v) is 9.37. The van der Waals surface area contributed by atoms with E-state index in [1.807, 2.05) is 0 Å². The van der Waals surface area contributed by atoms with Crippen molar-refractivity contribution < 1.29 is 17.9 Å². The van der Waals surface area contributed by atoms with Crippen molar-refractivity contribution in [2.75, 3.05) is 24.9 Å². The molecule has 6 nitrogen and oxygen atoms in total. The van der Waals surface area contributed by atoms with E-state index in [0.717, 1.165) is 0 Å². The zero-order chi connectivity index (χ0) is 18.2. The Morgan fingerprint density at radius 2 is 1.80 bits per heavy atom. The quantitative estimate of drug-likeness (QED) is 0.820. The highest BCUT2D eigenvalue weighted by molar-refractivity contribution is 7.92. The Morgan fingerprint density at radius 3 is 2.44 bits per heavy atom. The molecule has 0 fully saturated rings. The lowest BCUT2D eigenvalue weighted by Crippen LogP contribution is -2.50. The largest absolute Gasteiger partial charge is 0.476 e. The van der Waals surface area contributed by atoms with Gasteiger partial charge in [-0.1, -0.05) is 23.7 Å². The molecule has 0 radical (unpaired) electrons. The van der Waals surface area contributed by atoms with Crippen molar-refractivity contribution >= 4 is 33.2 Å². The Hall–Kier alpha value is -2.25. The van der Waals surface area contributed by atoms with Crippen LogP contribution in [0.3, 0.4) is 0 Å². The zero-order valence-electron chi connectivity index (χ0n) is 13.7. The van der Waals surface area contributed by atoms with E-state index in [1.165, 1.54) is 33.5 Å². The van der Waals surface area contributed by atoms with Crippen molar-refractivity contribution in [3.05, 3.63) is 53.6 Å². The standard InChI is InChI=1S/C17H17ClN2O4S/c1-19(2)17(21)16-11-20(14-5-3-4-6-15(14)24-16)25(22,23)13-9-7-12(18)8-10-13/h3-10,16H,11H2,1-2H3/t16-/m1/s1. The lowest BCUT2D eigenvalue weighted by molar-refractivity contribution is -0.135. The van der Waals surface area contributed by atoms with Crippen LogP contribution >= 0.6 is 11.6 Å². The molecule has 132 valence electrons. The number of benzene rings is 2. The third-order valence-corrected chi connectivity index (χ3v) is 5.90. The molecule has 0 saturated carbocycles. The van der Waals surface area contributed by atoms with Crippen molar-refractivity contribution in [3.63, 3.8) is 0 Å². The number of sulfonamides is 1. The number of ether oxygens (including phenoxy) is 1. The van der Waals surface area contributed by atoms with Gasteiger partial charge in [0.1, 0.15) is 5.75 Å². The molecule has 0 unspecified atom stereocenters. The summed E-state index contributed by atoms with van der Waals surface area (Å²) in [6.45, 7) is -0.0982. The van der Waals surface area contributed by atoms with Crippen LogP contribution in [0.1, 0.15) is 0 Å². The maximum Gasteiger partial charge on any atom is 0.265 e. The van der Waals surface area contributed by atoms with Crippen molar-refractivity contribution in [3.8, 4) is 5.75 Å². The topological polar surface area (TPSA) is 66.9 Å². The highest BCUT2D eigenvalue weighted by atomic mass is 35.5. The molecule has 1 atom stereocenters. The van der Waals surface area contributed by atoms with E-state index in [-0.39, 0.29) is 17.3 Å². The molecule has 1 heterocycles. The molecule has 1 aliphatic rings. The summed E-state index contributed by atoms with van der Waals surface area (Å²) in [6, 6.07) is 12.7. The number of rotatable bonds is 3. The lowest BCUT2D eigenvalue weighted by atomic mass is 10.2. The number of amides is 1. The van der Waals surface area contributed by atoms with Gasteiger partial charge in [-0.05, 0) is 36.4 Å². The van der Waals surface area contributed by atoms with E-state index in [2.05, 4.69) is 0 Å². The van der Waals surface area contributed by atoms with Gasteiger partial charge < -0.3 is 9.64 Å². The number of carbonyl (C=O) groups excluding carboxylic acids is 1. The third-order valence-electron chi connectivity index (χ3n) is 3.85. The predicted octanol–water partition coefficient (Wildman–Crippen LogP) is 2.38. The van der Waals surface area contributed by atoms with E-state index < -0.39 is 16.1 Å². The van der Waals surface area contributed by atoms with E-state index in [0.29, 0.717) is 16.5 Å². The minimum Gasteiger partial charge on any atom is -0.476 e. The van der Waals surface area contributed by atoms with Crippen molar-refractivity contribution in [1.82, 2.24) is 4.90 Å². The highest BCUT2D eigenvalue weighted by Crippen LogP contribution is 2.37. The molecule has 0 aliphatic carbocycles. The lowest BCUT2D eigenvalue weighted by Gasteiger charge is -2.35. The third kappa shape index (κ3) is 3.29. The Labute approximate surface area is 151 Å². The molecule has 0 aromatic heterocycles. The van der Waals surface area contributed by atoms with E-state index >= 15 is 0 Å². The first-order valence-electron chi connectivity index (χ1n) is 7.56. The molecular formula is C17H17ClN2O4S. The van der Waals surface area contributed by atoms with Crippen LogP contribution in [0.25, 0.3) is 0 Å².